The molecule has 1 unspecified atom stereocenters. The number of rotatable bonds is 2. The quantitative estimate of drug-likeness (QED) is 0.548. The lowest BCUT2D eigenvalue weighted by molar-refractivity contribution is -0.122. The molecule has 50 valence electrons. The van der Waals surface area contributed by atoms with Crippen molar-refractivity contribution in [2.45, 2.75) is 25.9 Å². The number of hydrogen-bond donors (Lipinski definition) is 0. The fourth-order valence-corrected chi connectivity index (χ4v) is 0.751. The van der Waals surface area contributed by atoms with E-state index in [0.29, 0.717) is 0 Å². The molecular weight excluding hydrogens is 118 g/mol. The Hall–Kier alpha value is -0.860. The summed E-state index contributed by atoms with van der Waals surface area (Å²) < 4.78 is 4.86. The molecule has 1 atom stereocenters. The van der Waals surface area contributed by atoms with Crippen LogP contribution in [0.2, 0.25) is 0 Å². The fraction of sp³-hybridized carbons (Fsp3) is 0.667. The molecule has 0 bridgehead atoms. The van der Waals surface area contributed by atoms with Crippen LogP contribution in [0.4, 0.5) is 0 Å². The van der Waals surface area contributed by atoms with Crippen molar-refractivity contribution in [1.29, 1.82) is 0 Å². The van der Waals surface area contributed by atoms with Gasteiger partial charge in [0.15, 0.2) is 12.5 Å². The smallest absolute Gasteiger partial charge is 0.289 e. The molecule has 0 radical (unpaired) electrons. The Balaban J connectivity index is 2.37. The monoisotopic (exact) mass is 127 g/mol. The van der Waals surface area contributed by atoms with Crippen LogP contribution in [-0.4, -0.2) is 18.4 Å². The van der Waals surface area contributed by atoms with Crippen LogP contribution in [0, 0.1) is 0 Å². The molecule has 0 aromatic heterocycles. The van der Waals surface area contributed by atoms with Gasteiger partial charge in [0.25, 0.3) is 5.91 Å². The van der Waals surface area contributed by atoms with E-state index in [-0.39, 0.29) is 12.0 Å². The summed E-state index contributed by atoms with van der Waals surface area (Å²) in [7, 11) is 0. The van der Waals surface area contributed by atoms with E-state index in [1.807, 2.05) is 6.92 Å². The molecule has 0 saturated heterocycles. The van der Waals surface area contributed by atoms with Gasteiger partial charge in [0.1, 0.15) is 0 Å². The number of carbonyl (C=O) groups excluding carboxylic acids is 1. The SMILES string of the molecule is CCCC1OC=NC1=O. The normalized spacial score (nSPS) is 24.6. The van der Waals surface area contributed by atoms with E-state index in [0.717, 1.165) is 12.8 Å². The first kappa shape index (κ1) is 6.26. The second-order valence-corrected chi connectivity index (χ2v) is 1.99. The van der Waals surface area contributed by atoms with Crippen molar-refractivity contribution >= 4 is 12.3 Å². The van der Waals surface area contributed by atoms with Crippen molar-refractivity contribution in [3.63, 3.8) is 0 Å². The predicted molar refractivity (Wildman–Crippen MR) is 33.3 cm³/mol. The van der Waals surface area contributed by atoms with Gasteiger partial charge in [0.05, 0.1) is 0 Å². The van der Waals surface area contributed by atoms with Crippen LogP contribution < -0.4 is 0 Å². The van der Waals surface area contributed by atoms with E-state index in [1.165, 1.54) is 6.40 Å². The highest BCUT2D eigenvalue weighted by molar-refractivity contribution is 5.91. The van der Waals surface area contributed by atoms with Gasteiger partial charge in [-0.2, -0.15) is 4.99 Å². The van der Waals surface area contributed by atoms with Crippen molar-refractivity contribution in [3.8, 4) is 0 Å². The highest BCUT2D eigenvalue weighted by Gasteiger charge is 2.20. The number of ether oxygens (including phenoxy) is 1. The minimum absolute atomic E-state index is 0.142. The summed E-state index contributed by atoms with van der Waals surface area (Å²) in [6.07, 6.45) is 2.68. The molecular formula is C6H9NO2. The third-order valence-corrected chi connectivity index (χ3v) is 1.23. The molecule has 0 aromatic carbocycles. The van der Waals surface area contributed by atoms with Crippen LogP contribution in [0.15, 0.2) is 4.99 Å². The molecule has 1 rings (SSSR count). The highest BCUT2D eigenvalue weighted by atomic mass is 16.5. The third kappa shape index (κ3) is 1.28. The Morgan fingerprint density at radius 3 is 3.11 bits per heavy atom. The molecule has 0 N–H and O–H groups in total. The van der Waals surface area contributed by atoms with Gasteiger partial charge in [-0.1, -0.05) is 13.3 Å². The summed E-state index contributed by atoms with van der Waals surface area (Å²) >= 11 is 0. The Bertz CT molecular complexity index is 142. The molecule has 0 aliphatic carbocycles. The van der Waals surface area contributed by atoms with Crippen molar-refractivity contribution in [2.24, 2.45) is 4.99 Å². The maximum Gasteiger partial charge on any atom is 0.289 e. The van der Waals surface area contributed by atoms with Crippen LogP contribution in [0.3, 0.4) is 0 Å². The molecule has 3 heteroatoms. The molecule has 0 aromatic rings. The average Bonchev–Trinajstić information content (AvgIpc) is 2.18. The average molecular weight is 127 g/mol. The zero-order valence-electron chi connectivity index (χ0n) is 5.33. The molecule has 1 amide bonds. The Kier molecular flexibility index (Phi) is 1.82. The number of amides is 1. The lowest BCUT2D eigenvalue weighted by atomic mass is 10.2. The van der Waals surface area contributed by atoms with Crippen LogP contribution in [0.1, 0.15) is 19.8 Å². The maximum absolute atomic E-state index is 10.6. The van der Waals surface area contributed by atoms with E-state index in [4.69, 9.17) is 4.74 Å². The summed E-state index contributed by atoms with van der Waals surface area (Å²) in [6, 6.07) is 0. The van der Waals surface area contributed by atoms with Gasteiger partial charge >= 0.3 is 0 Å². The van der Waals surface area contributed by atoms with Crippen LogP contribution >= 0.6 is 0 Å². The lowest BCUT2D eigenvalue weighted by Gasteiger charge is -2.02. The van der Waals surface area contributed by atoms with Crippen molar-refractivity contribution in [3.05, 3.63) is 0 Å². The van der Waals surface area contributed by atoms with Gasteiger partial charge < -0.3 is 4.74 Å². The summed E-state index contributed by atoms with van der Waals surface area (Å²) in [4.78, 5) is 14.1. The first-order valence-electron chi connectivity index (χ1n) is 3.06. The number of nitrogens with zero attached hydrogens (tertiary/aromatic N) is 1. The summed E-state index contributed by atoms with van der Waals surface area (Å²) in [5.41, 5.74) is 0. The molecule has 0 spiro atoms. The van der Waals surface area contributed by atoms with Gasteiger partial charge in [0.2, 0.25) is 0 Å². The number of carbonyl (C=O) groups is 1. The van der Waals surface area contributed by atoms with E-state index in [9.17, 15) is 4.79 Å². The molecule has 0 fully saturated rings. The minimum atomic E-state index is -0.282. The molecule has 1 aliphatic heterocycles. The van der Waals surface area contributed by atoms with Crippen molar-refractivity contribution in [1.82, 2.24) is 0 Å². The first-order chi connectivity index (χ1) is 4.34. The van der Waals surface area contributed by atoms with Gasteiger partial charge in [-0.15, -0.1) is 0 Å². The summed E-state index contributed by atoms with van der Waals surface area (Å²) in [5, 5.41) is 0. The standard InChI is InChI=1S/C6H9NO2/c1-2-3-5-6(8)7-4-9-5/h4-5H,2-3H2,1H3. The largest absolute Gasteiger partial charge is 0.470 e. The van der Waals surface area contributed by atoms with E-state index >= 15 is 0 Å². The van der Waals surface area contributed by atoms with Crippen LogP contribution in [0.25, 0.3) is 0 Å². The number of hydrogen-bond acceptors (Lipinski definition) is 2. The van der Waals surface area contributed by atoms with Gasteiger partial charge in [-0.3, -0.25) is 4.79 Å². The van der Waals surface area contributed by atoms with E-state index in [1.54, 1.807) is 0 Å². The zero-order valence-corrected chi connectivity index (χ0v) is 5.33. The molecule has 3 nitrogen and oxygen atoms in total. The third-order valence-electron chi connectivity index (χ3n) is 1.23. The van der Waals surface area contributed by atoms with Crippen LogP contribution in [0.5, 0.6) is 0 Å². The Morgan fingerprint density at radius 1 is 1.89 bits per heavy atom. The minimum Gasteiger partial charge on any atom is -0.470 e. The fourth-order valence-electron chi connectivity index (χ4n) is 0.751. The molecule has 1 aliphatic rings. The van der Waals surface area contributed by atoms with Gasteiger partial charge in [0, 0.05) is 0 Å². The van der Waals surface area contributed by atoms with E-state index in [2.05, 4.69) is 4.99 Å². The lowest BCUT2D eigenvalue weighted by Crippen LogP contribution is -2.15. The predicted octanol–water partition coefficient (Wildman–Crippen LogP) is 0.740. The van der Waals surface area contributed by atoms with Crippen LogP contribution in [-0.2, 0) is 9.53 Å². The molecule has 9 heavy (non-hydrogen) atoms. The van der Waals surface area contributed by atoms with Gasteiger partial charge in [-0.25, -0.2) is 0 Å². The van der Waals surface area contributed by atoms with Gasteiger partial charge in [-0.05, 0) is 6.42 Å². The zero-order chi connectivity index (χ0) is 6.69. The molecule has 1 heterocycles. The highest BCUT2D eigenvalue weighted by Crippen LogP contribution is 2.07. The van der Waals surface area contributed by atoms with Crippen molar-refractivity contribution in [2.75, 3.05) is 0 Å². The summed E-state index contributed by atoms with van der Waals surface area (Å²) in [5.74, 6) is -0.142. The Labute approximate surface area is 53.7 Å². The first-order valence-corrected chi connectivity index (χ1v) is 3.06. The van der Waals surface area contributed by atoms with Crippen molar-refractivity contribution < 1.29 is 9.53 Å². The second kappa shape index (κ2) is 2.62. The number of aliphatic imine (C=N–C) groups is 1. The molecule has 0 saturated carbocycles. The second-order valence-electron chi connectivity index (χ2n) is 1.99. The Morgan fingerprint density at radius 2 is 2.67 bits per heavy atom. The van der Waals surface area contributed by atoms with E-state index < -0.39 is 0 Å². The topological polar surface area (TPSA) is 38.7 Å². The maximum atomic E-state index is 10.6. The summed E-state index contributed by atoms with van der Waals surface area (Å²) in [6.45, 7) is 2.01.